The van der Waals surface area contributed by atoms with Crippen molar-refractivity contribution in [2.45, 2.75) is 46.1 Å². The van der Waals surface area contributed by atoms with Crippen molar-refractivity contribution in [3.63, 3.8) is 0 Å². The lowest BCUT2D eigenvalue weighted by molar-refractivity contribution is -0.132. The fraction of sp³-hybridized carbons (Fsp3) is 0.471. The second kappa shape index (κ2) is 6.02. The number of rotatable bonds is 4. The molecule has 6 heteroatoms. The Kier molecular flexibility index (Phi) is 4.45. The van der Waals surface area contributed by atoms with E-state index < -0.39 is 17.5 Å². The molecule has 0 aliphatic carbocycles. The van der Waals surface area contributed by atoms with Gasteiger partial charge in [0, 0.05) is 5.69 Å². The zero-order valence-electron chi connectivity index (χ0n) is 14.2. The Morgan fingerprint density at radius 2 is 1.96 bits per heavy atom. The maximum absolute atomic E-state index is 12.3. The van der Waals surface area contributed by atoms with Crippen LogP contribution in [-0.2, 0) is 9.59 Å². The Morgan fingerprint density at radius 1 is 1.30 bits per heavy atom. The van der Waals surface area contributed by atoms with Crippen LogP contribution in [0.3, 0.4) is 0 Å². The number of hydrogen-bond acceptors (Lipinski definition) is 3. The van der Waals surface area contributed by atoms with Gasteiger partial charge in [0.25, 0.3) is 5.91 Å². The van der Waals surface area contributed by atoms with Crippen LogP contribution < -0.4 is 10.6 Å². The van der Waals surface area contributed by atoms with E-state index in [9.17, 15) is 14.4 Å². The molecule has 0 radical (unpaired) electrons. The maximum atomic E-state index is 12.3. The van der Waals surface area contributed by atoms with Crippen molar-refractivity contribution < 1.29 is 14.4 Å². The molecule has 0 unspecified atom stereocenters. The minimum Gasteiger partial charge on any atom is -0.324 e. The third-order valence-electron chi connectivity index (χ3n) is 3.94. The van der Waals surface area contributed by atoms with E-state index >= 15 is 0 Å². The van der Waals surface area contributed by atoms with Gasteiger partial charge < -0.3 is 10.6 Å². The van der Waals surface area contributed by atoms with Crippen molar-refractivity contribution in [2.75, 3.05) is 11.9 Å². The van der Waals surface area contributed by atoms with Crippen LogP contribution >= 0.6 is 0 Å². The van der Waals surface area contributed by atoms with Crippen LogP contribution in [0.2, 0.25) is 0 Å². The largest absolute Gasteiger partial charge is 0.325 e. The van der Waals surface area contributed by atoms with Gasteiger partial charge in [0.2, 0.25) is 5.91 Å². The van der Waals surface area contributed by atoms with E-state index in [0.29, 0.717) is 0 Å². The van der Waals surface area contributed by atoms with Gasteiger partial charge in [-0.3, -0.25) is 14.5 Å². The maximum Gasteiger partial charge on any atom is 0.325 e. The molecule has 4 amide bonds. The Hall–Kier alpha value is -2.37. The number of imide groups is 1. The molecule has 0 saturated carbocycles. The standard InChI is InChI=1S/C17H23N3O3/c1-10(2)12-8-6-7-11(3)14(12)18-13(21)9-20-15(22)17(4,5)19-16(20)23/h6-8,10H,9H2,1-5H3,(H,18,21)(H,19,23). The van der Waals surface area contributed by atoms with Crippen molar-refractivity contribution in [1.82, 2.24) is 10.2 Å². The van der Waals surface area contributed by atoms with E-state index in [-0.39, 0.29) is 18.4 Å². The molecule has 0 aromatic heterocycles. The number of nitrogens with zero attached hydrogens (tertiary/aromatic N) is 1. The van der Waals surface area contributed by atoms with Gasteiger partial charge >= 0.3 is 6.03 Å². The first-order chi connectivity index (χ1) is 10.6. The summed E-state index contributed by atoms with van der Waals surface area (Å²) in [5.41, 5.74) is 1.75. The van der Waals surface area contributed by atoms with Crippen LogP contribution in [0.25, 0.3) is 0 Å². The minimum atomic E-state index is -0.969. The van der Waals surface area contributed by atoms with Gasteiger partial charge in [-0.05, 0) is 37.8 Å². The number of hydrogen-bond donors (Lipinski definition) is 2. The number of urea groups is 1. The lowest BCUT2D eigenvalue weighted by Gasteiger charge is -2.19. The zero-order valence-corrected chi connectivity index (χ0v) is 14.2. The molecule has 2 N–H and O–H groups in total. The Labute approximate surface area is 136 Å². The first-order valence-electron chi connectivity index (χ1n) is 7.67. The molecule has 1 aliphatic rings. The number of anilines is 1. The third-order valence-corrected chi connectivity index (χ3v) is 3.94. The number of carbonyl (C=O) groups is 3. The first kappa shape index (κ1) is 17.0. The molecular formula is C17H23N3O3. The van der Waals surface area contributed by atoms with E-state index in [1.807, 2.05) is 39.0 Å². The van der Waals surface area contributed by atoms with Crippen LogP contribution in [0.15, 0.2) is 18.2 Å². The lowest BCUT2D eigenvalue weighted by Crippen LogP contribution is -2.41. The highest BCUT2D eigenvalue weighted by Crippen LogP contribution is 2.27. The van der Waals surface area contributed by atoms with Gasteiger partial charge in [0.15, 0.2) is 0 Å². The summed E-state index contributed by atoms with van der Waals surface area (Å²) in [6.07, 6.45) is 0. The fourth-order valence-corrected chi connectivity index (χ4v) is 2.63. The molecule has 124 valence electrons. The summed E-state index contributed by atoms with van der Waals surface area (Å²) in [7, 11) is 0. The molecule has 23 heavy (non-hydrogen) atoms. The number of carbonyl (C=O) groups excluding carboxylic acids is 3. The van der Waals surface area contributed by atoms with Crippen molar-refractivity contribution in [3.05, 3.63) is 29.3 Å². The van der Waals surface area contributed by atoms with E-state index in [4.69, 9.17) is 0 Å². The molecule has 0 bridgehead atoms. The summed E-state index contributed by atoms with van der Waals surface area (Å²) in [6, 6.07) is 5.28. The summed E-state index contributed by atoms with van der Waals surface area (Å²) < 4.78 is 0. The summed E-state index contributed by atoms with van der Waals surface area (Å²) in [6.45, 7) is 8.94. The highest BCUT2D eigenvalue weighted by molar-refractivity contribution is 6.09. The average Bonchev–Trinajstić information content (AvgIpc) is 2.63. The Morgan fingerprint density at radius 3 is 2.48 bits per heavy atom. The smallest absolute Gasteiger partial charge is 0.324 e. The molecule has 1 saturated heterocycles. The number of aryl methyl sites for hydroxylation is 1. The minimum absolute atomic E-state index is 0.251. The van der Waals surface area contributed by atoms with Gasteiger partial charge in [0.05, 0.1) is 0 Å². The second-order valence-electron chi connectivity index (χ2n) is 6.69. The van der Waals surface area contributed by atoms with Crippen molar-refractivity contribution in [2.24, 2.45) is 0 Å². The van der Waals surface area contributed by atoms with Gasteiger partial charge in [0.1, 0.15) is 12.1 Å². The van der Waals surface area contributed by atoms with Gasteiger partial charge in [-0.2, -0.15) is 0 Å². The molecule has 1 heterocycles. The number of para-hydroxylation sites is 1. The van der Waals surface area contributed by atoms with Crippen LogP contribution in [-0.4, -0.2) is 34.8 Å². The van der Waals surface area contributed by atoms with Crippen molar-refractivity contribution in [3.8, 4) is 0 Å². The van der Waals surface area contributed by atoms with Crippen LogP contribution in [0.4, 0.5) is 10.5 Å². The second-order valence-corrected chi connectivity index (χ2v) is 6.69. The monoisotopic (exact) mass is 317 g/mol. The van der Waals surface area contributed by atoms with Crippen LogP contribution in [0.5, 0.6) is 0 Å². The zero-order chi connectivity index (χ0) is 17.4. The highest BCUT2D eigenvalue weighted by atomic mass is 16.2. The Balaban J connectivity index is 2.15. The first-order valence-corrected chi connectivity index (χ1v) is 7.67. The molecule has 2 rings (SSSR count). The SMILES string of the molecule is Cc1cccc(C(C)C)c1NC(=O)CN1C(=O)NC(C)(C)C1=O. The summed E-state index contributed by atoms with van der Waals surface area (Å²) in [5, 5.41) is 5.40. The molecule has 0 atom stereocenters. The van der Waals surface area contributed by atoms with Gasteiger partial charge in [-0.25, -0.2) is 4.79 Å². The van der Waals surface area contributed by atoms with E-state index in [1.54, 1.807) is 13.8 Å². The number of amides is 4. The topological polar surface area (TPSA) is 78.5 Å². The molecule has 6 nitrogen and oxygen atoms in total. The number of benzene rings is 1. The number of nitrogens with one attached hydrogen (secondary N) is 2. The highest BCUT2D eigenvalue weighted by Gasteiger charge is 2.44. The Bertz CT molecular complexity index is 665. The van der Waals surface area contributed by atoms with E-state index in [2.05, 4.69) is 10.6 Å². The summed E-state index contributed by atoms with van der Waals surface area (Å²) in [4.78, 5) is 37.2. The molecule has 0 spiro atoms. The van der Waals surface area contributed by atoms with Crippen molar-refractivity contribution >= 4 is 23.5 Å². The average molecular weight is 317 g/mol. The molecular weight excluding hydrogens is 294 g/mol. The van der Waals surface area contributed by atoms with Gasteiger partial charge in [-0.1, -0.05) is 32.0 Å². The normalized spacial score (nSPS) is 16.7. The summed E-state index contributed by atoms with van der Waals surface area (Å²) >= 11 is 0. The molecule has 1 aliphatic heterocycles. The predicted octanol–water partition coefficient (Wildman–Crippen LogP) is 2.39. The quantitative estimate of drug-likeness (QED) is 0.837. The van der Waals surface area contributed by atoms with Crippen molar-refractivity contribution in [1.29, 1.82) is 0 Å². The fourth-order valence-electron chi connectivity index (χ4n) is 2.63. The van der Waals surface area contributed by atoms with E-state index in [0.717, 1.165) is 21.7 Å². The van der Waals surface area contributed by atoms with E-state index in [1.165, 1.54) is 0 Å². The molecule has 1 aromatic rings. The van der Waals surface area contributed by atoms with Crippen LogP contribution in [0.1, 0.15) is 44.7 Å². The van der Waals surface area contributed by atoms with Crippen LogP contribution in [0, 0.1) is 6.92 Å². The van der Waals surface area contributed by atoms with Gasteiger partial charge in [-0.15, -0.1) is 0 Å². The lowest BCUT2D eigenvalue weighted by atomic mass is 9.98. The predicted molar refractivity (Wildman–Crippen MR) is 88.2 cm³/mol. The summed E-state index contributed by atoms with van der Waals surface area (Å²) in [5.74, 6) is -0.533. The third kappa shape index (κ3) is 3.36. The molecule has 1 aromatic carbocycles. The molecule has 1 fully saturated rings.